The van der Waals surface area contributed by atoms with Crippen LogP contribution in [0.1, 0.15) is 65.4 Å². The van der Waals surface area contributed by atoms with Crippen molar-refractivity contribution in [3.05, 3.63) is 23.8 Å². The molecule has 2 aliphatic carbocycles. The average molecular weight is 314 g/mol. The SMILES string of the molecule is CC1(C)CCC[C@]2(C)[C@@H]1CC[C@]1(C)Oc3ccc(O)cc3C[C@@H]21. The Balaban J connectivity index is 1.77. The molecule has 0 amide bonds. The minimum absolute atomic E-state index is 0.0529. The van der Waals surface area contributed by atoms with Crippen molar-refractivity contribution in [1.82, 2.24) is 0 Å². The minimum Gasteiger partial charge on any atom is -0.508 e. The van der Waals surface area contributed by atoms with Crippen LogP contribution in [0.4, 0.5) is 0 Å². The minimum atomic E-state index is -0.0529. The van der Waals surface area contributed by atoms with Crippen LogP contribution in [-0.2, 0) is 6.42 Å². The summed E-state index contributed by atoms with van der Waals surface area (Å²) in [5, 5.41) is 9.87. The van der Waals surface area contributed by atoms with E-state index in [1.54, 1.807) is 6.07 Å². The van der Waals surface area contributed by atoms with Crippen LogP contribution < -0.4 is 4.74 Å². The normalized spacial score (nSPS) is 41.2. The molecule has 4 rings (SSSR count). The van der Waals surface area contributed by atoms with E-state index >= 15 is 0 Å². The van der Waals surface area contributed by atoms with Gasteiger partial charge in [0.15, 0.2) is 0 Å². The number of phenolic OH excluding ortho intramolecular Hbond substituents is 1. The van der Waals surface area contributed by atoms with E-state index in [1.807, 2.05) is 12.1 Å². The van der Waals surface area contributed by atoms with E-state index in [0.29, 0.717) is 22.5 Å². The Kier molecular flexibility index (Phi) is 3.12. The summed E-state index contributed by atoms with van der Waals surface area (Å²) in [6, 6.07) is 5.61. The van der Waals surface area contributed by atoms with Gasteiger partial charge in [-0.15, -0.1) is 0 Å². The van der Waals surface area contributed by atoms with Crippen molar-refractivity contribution < 1.29 is 9.84 Å². The first-order valence-corrected chi connectivity index (χ1v) is 9.26. The summed E-state index contributed by atoms with van der Waals surface area (Å²) in [5.41, 5.74) is 1.92. The molecule has 0 saturated heterocycles. The fraction of sp³-hybridized carbons (Fsp3) is 0.714. The zero-order valence-corrected chi connectivity index (χ0v) is 15.0. The van der Waals surface area contributed by atoms with Crippen LogP contribution in [0.3, 0.4) is 0 Å². The van der Waals surface area contributed by atoms with Crippen LogP contribution in [0.5, 0.6) is 11.5 Å². The number of hydrogen-bond donors (Lipinski definition) is 1. The smallest absolute Gasteiger partial charge is 0.123 e. The molecule has 0 unspecified atom stereocenters. The molecule has 23 heavy (non-hydrogen) atoms. The number of hydrogen-bond acceptors (Lipinski definition) is 2. The molecule has 0 spiro atoms. The number of phenols is 1. The van der Waals surface area contributed by atoms with Gasteiger partial charge >= 0.3 is 0 Å². The molecule has 1 heterocycles. The fourth-order valence-corrected chi connectivity index (χ4v) is 6.47. The number of aromatic hydroxyl groups is 1. The van der Waals surface area contributed by atoms with Gasteiger partial charge < -0.3 is 9.84 Å². The highest BCUT2D eigenvalue weighted by Gasteiger charge is 2.60. The average Bonchev–Trinajstić information content (AvgIpc) is 2.45. The summed E-state index contributed by atoms with van der Waals surface area (Å²) in [5.74, 6) is 2.67. The van der Waals surface area contributed by atoms with Crippen molar-refractivity contribution in [1.29, 1.82) is 0 Å². The molecule has 0 radical (unpaired) electrons. The van der Waals surface area contributed by atoms with Crippen LogP contribution in [-0.4, -0.2) is 10.7 Å². The molecule has 2 saturated carbocycles. The summed E-state index contributed by atoms with van der Waals surface area (Å²) in [6.45, 7) is 9.80. The zero-order chi connectivity index (χ0) is 16.5. The first-order chi connectivity index (χ1) is 10.7. The highest BCUT2D eigenvalue weighted by atomic mass is 16.5. The Morgan fingerprint density at radius 2 is 1.83 bits per heavy atom. The van der Waals surface area contributed by atoms with Gasteiger partial charge in [0.05, 0.1) is 0 Å². The molecule has 1 aromatic carbocycles. The van der Waals surface area contributed by atoms with Crippen molar-refractivity contribution >= 4 is 0 Å². The summed E-state index contributed by atoms with van der Waals surface area (Å²) < 4.78 is 6.55. The van der Waals surface area contributed by atoms with Crippen molar-refractivity contribution in [3.63, 3.8) is 0 Å². The highest BCUT2D eigenvalue weighted by Crippen LogP contribution is 2.64. The van der Waals surface area contributed by atoms with Crippen LogP contribution in [0, 0.1) is 22.7 Å². The Morgan fingerprint density at radius 3 is 2.61 bits per heavy atom. The lowest BCUT2D eigenvalue weighted by Crippen LogP contribution is -2.61. The third-order valence-electron chi connectivity index (χ3n) is 7.55. The van der Waals surface area contributed by atoms with Gasteiger partial charge in [-0.2, -0.15) is 0 Å². The maximum Gasteiger partial charge on any atom is 0.123 e. The number of rotatable bonds is 0. The van der Waals surface area contributed by atoms with E-state index in [0.717, 1.165) is 24.5 Å². The van der Waals surface area contributed by atoms with E-state index in [9.17, 15) is 5.11 Å². The molecular formula is C21H30O2. The van der Waals surface area contributed by atoms with Crippen LogP contribution >= 0.6 is 0 Å². The second-order valence-electron chi connectivity index (χ2n) is 9.40. The van der Waals surface area contributed by atoms with E-state index in [-0.39, 0.29) is 5.60 Å². The molecule has 1 aromatic rings. The van der Waals surface area contributed by atoms with E-state index in [4.69, 9.17) is 4.74 Å². The first kappa shape index (κ1) is 15.4. The molecule has 126 valence electrons. The van der Waals surface area contributed by atoms with Gasteiger partial charge in [-0.3, -0.25) is 0 Å². The standard InChI is InChI=1S/C21H30O2/c1-19(2)9-5-10-20(3)17(19)8-11-21(4)18(20)13-14-12-15(22)6-7-16(14)23-21/h6-7,12,17-18,22H,5,8-11,13H2,1-4H3/t17-,18+,20-,21+/m1/s1. The molecule has 2 heteroatoms. The maximum absolute atomic E-state index is 9.87. The predicted molar refractivity (Wildman–Crippen MR) is 92.8 cm³/mol. The molecule has 0 aromatic heterocycles. The highest BCUT2D eigenvalue weighted by molar-refractivity contribution is 5.42. The molecular weight excluding hydrogens is 284 g/mol. The Hall–Kier alpha value is -1.18. The molecule has 2 nitrogen and oxygen atoms in total. The third kappa shape index (κ3) is 2.13. The number of ether oxygens (including phenoxy) is 1. The summed E-state index contributed by atoms with van der Waals surface area (Å²) >= 11 is 0. The molecule has 1 N–H and O–H groups in total. The van der Waals surface area contributed by atoms with Gasteiger partial charge in [0, 0.05) is 5.92 Å². The topological polar surface area (TPSA) is 29.5 Å². The third-order valence-corrected chi connectivity index (χ3v) is 7.55. The summed E-state index contributed by atoms with van der Waals surface area (Å²) in [7, 11) is 0. The quantitative estimate of drug-likeness (QED) is 0.701. The summed E-state index contributed by atoms with van der Waals surface area (Å²) in [4.78, 5) is 0. The monoisotopic (exact) mass is 314 g/mol. The van der Waals surface area contributed by atoms with Crippen molar-refractivity contribution in [2.75, 3.05) is 0 Å². The van der Waals surface area contributed by atoms with E-state index in [1.165, 1.54) is 31.2 Å². The van der Waals surface area contributed by atoms with E-state index < -0.39 is 0 Å². The first-order valence-electron chi connectivity index (χ1n) is 9.26. The Bertz CT molecular complexity index is 635. The number of fused-ring (bicyclic) bond motifs is 4. The van der Waals surface area contributed by atoms with Gasteiger partial charge in [0.25, 0.3) is 0 Å². The van der Waals surface area contributed by atoms with Crippen LogP contribution in [0.25, 0.3) is 0 Å². The lowest BCUT2D eigenvalue weighted by Gasteiger charge is -2.63. The zero-order valence-electron chi connectivity index (χ0n) is 15.0. The summed E-state index contributed by atoms with van der Waals surface area (Å²) in [6.07, 6.45) is 7.49. The molecule has 0 bridgehead atoms. The molecule has 3 aliphatic rings. The van der Waals surface area contributed by atoms with Crippen molar-refractivity contribution in [3.8, 4) is 11.5 Å². The Morgan fingerprint density at radius 1 is 1.04 bits per heavy atom. The Labute approximate surface area is 140 Å². The lowest BCUT2D eigenvalue weighted by molar-refractivity contribution is -0.162. The molecule has 4 atom stereocenters. The van der Waals surface area contributed by atoms with Gasteiger partial charge in [-0.05, 0) is 79.5 Å². The van der Waals surface area contributed by atoms with Gasteiger partial charge in [0.2, 0.25) is 0 Å². The van der Waals surface area contributed by atoms with Gasteiger partial charge in [-0.1, -0.05) is 27.2 Å². The second kappa shape index (κ2) is 4.68. The number of benzene rings is 1. The van der Waals surface area contributed by atoms with E-state index in [2.05, 4.69) is 27.7 Å². The maximum atomic E-state index is 9.87. The fourth-order valence-electron chi connectivity index (χ4n) is 6.47. The van der Waals surface area contributed by atoms with Crippen LogP contribution in [0.2, 0.25) is 0 Å². The molecule has 1 aliphatic heterocycles. The van der Waals surface area contributed by atoms with Crippen molar-refractivity contribution in [2.24, 2.45) is 22.7 Å². The largest absolute Gasteiger partial charge is 0.508 e. The predicted octanol–water partition coefficient (Wildman–Crippen LogP) is 5.33. The van der Waals surface area contributed by atoms with Gasteiger partial charge in [-0.25, -0.2) is 0 Å². The van der Waals surface area contributed by atoms with Crippen molar-refractivity contribution in [2.45, 2.75) is 71.8 Å². The molecule has 2 fully saturated rings. The lowest BCUT2D eigenvalue weighted by atomic mass is 9.44. The second-order valence-corrected chi connectivity index (χ2v) is 9.40. The van der Waals surface area contributed by atoms with Crippen LogP contribution in [0.15, 0.2) is 18.2 Å². The van der Waals surface area contributed by atoms with Gasteiger partial charge in [0.1, 0.15) is 17.1 Å².